The topological polar surface area (TPSA) is 60.5 Å². The number of hydrogen-bond donors (Lipinski definition) is 1. The summed E-state index contributed by atoms with van der Waals surface area (Å²) >= 11 is 0. The third kappa shape index (κ3) is 2.42. The Labute approximate surface area is 116 Å². The van der Waals surface area contributed by atoms with Crippen LogP contribution >= 0.6 is 0 Å². The highest BCUT2D eigenvalue weighted by Crippen LogP contribution is 2.28. The van der Waals surface area contributed by atoms with E-state index in [9.17, 15) is 4.79 Å². The molecule has 1 aliphatic heterocycles. The van der Waals surface area contributed by atoms with Crippen molar-refractivity contribution in [2.45, 2.75) is 12.5 Å². The molecule has 1 amide bonds. The molecule has 1 atom stereocenters. The SMILES string of the molecule is COc1ccc(NC(=O)C2Cc3ccccc3O2)cn1. The third-order valence-corrected chi connectivity index (χ3v) is 3.15. The average molecular weight is 270 g/mol. The molecule has 0 fully saturated rings. The first-order valence-corrected chi connectivity index (χ1v) is 6.32. The van der Waals surface area contributed by atoms with Crippen LogP contribution in [0.5, 0.6) is 11.6 Å². The number of methoxy groups -OCH3 is 1. The maximum atomic E-state index is 12.1. The second-order valence-electron chi connectivity index (χ2n) is 4.50. The van der Waals surface area contributed by atoms with Gasteiger partial charge < -0.3 is 14.8 Å². The van der Waals surface area contributed by atoms with Crippen molar-refractivity contribution in [3.8, 4) is 11.6 Å². The van der Waals surface area contributed by atoms with E-state index in [0.29, 0.717) is 18.0 Å². The lowest BCUT2D eigenvalue weighted by atomic mass is 10.1. The summed E-state index contributed by atoms with van der Waals surface area (Å²) in [5.41, 5.74) is 1.68. The van der Waals surface area contributed by atoms with Gasteiger partial charge in [-0.2, -0.15) is 0 Å². The largest absolute Gasteiger partial charge is 0.481 e. The van der Waals surface area contributed by atoms with Crippen molar-refractivity contribution in [3.05, 3.63) is 48.2 Å². The molecule has 0 saturated heterocycles. The standard InChI is InChI=1S/C15H14N2O3/c1-19-14-7-6-11(9-16-14)17-15(18)13-8-10-4-2-3-5-12(10)20-13/h2-7,9,13H,8H2,1H3,(H,17,18). The van der Waals surface area contributed by atoms with E-state index in [-0.39, 0.29) is 5.91 Å². The number of anilines is 1. The minimum absolute atomic E-state index is 0.173. The van der Waals surface area contributed by atoms with E-state index in [1.807, 2.05) is 24.3 Å². The fraction of sp³-hybridized carbons (Fsp3) is 0.200. The predicted molar refractivity (Wildman–Crippen MR) is 74.0 cm³/mol. The molecule has 5 heteroatoms. The molecule has 2 heterocycles. The Morgan fingerprint density at radius 2 is 2.20 bits per heavy atom. The van der Waals surface area contributed by atoms with Gasteiger partial charge in [0.2, 0.25) is 5.88 Å². The molecule has 2 aromatic rings. The number of benzene rings is 1. The van der Waals surface area contributed by atoms with E-state index in [0.717, 1.165) is 11.3 Å². The van der Waals surface area contributed by atoms with Crippen molar-refractivity contribution >= 4 is 11.6 Å². The van der Waals surface area contributed by atoms with E-state index in [2.05, 4.69) is 10.3 Å². The van der Waals surface area contributed by atoms with Crippen molar-refractivity contribution in [1.82, 2.24) is 4.98 Å². The molecule has 1 N–H and O–H groups in total. The zero-order valence-corrected chi connectivity index (χ0v) is 11.0. The number of fused-ring (bicyclic) bond motifs is 1. The second-order valence-corrected chi connectivity index (χ2v) is 4.50. The summed E-state index contributed by atoms with van der Waals surface area (Å²) in [5.74, 6) is 1.11. The first-order chi connectivity index (χ1) is 9.76. The molecule has 20 heavy (non-hydrogen) atoms. The molecule has 102 valence electrons. The zero-order valence-electron chi connectivity index (χ0n) is 11.0. The van der Waals surface area contributed by atoms with Gasteiger partial charge in [0.05, 0.1) is 19.0 Å². The lowest BCUT2D eigenvalue weighted by Gasteiger charge is -2.11. The Morgan fingerprint density at radius 3 is 2.90 bits per heavy atom. The molecular formula is C15H14N2O3. The number of nitrogens with one attached hydrogen (secondary N) is 1. The number of para-hydroxylation sites is 1. The molecule has 0 spiro atoms. The van der Waals surface area contributed by atoms with Crippen molar-refractivity contribution in [2.75, 3.05) is 12.4 Å². The molecule has 0 radical (unpaired) electrons. The van der Waals surface area contributed by atoms with Crippen LogP contribution in [0.15, 0.2) is 42.6 Å². The normalized spacial score (nSPS) is 16.1. The molecule has 1 unspecified atom stereocenters. The van der Waals surface area contributed by atoms with Gasteiger partial charge in [0.25, 0.3) is 5.91 Å². The van der Waals surface area contributed by atoms with Gasteiger partial charge >= 0.3 is 0 Å². The van der Waals surface area contributed by atoms with Crippen molar-refractivity contribution in [3.63, 3.8) is 0 Å². The lowest BCUT2D eigenvalue weighted by Crippen LogP contribution is -2.31. The number of carbonyl (C=O) groups excluding carboxylic acids is 1. The summed E-state index contributed by atoms with van der Waals surface area (Å²) in [6, 6.07) is 11.1. The maximum absolute atomic E-state index is 12.1. The van der Waals surface area contributed by atoms with Crippen LogP contribution in [-0.2, 0) is 11.2 Å². The summed E-state index contributed by atoms with van der Waals surface area (Å²) in [6.07, 6.45) is 1.65. The third-order valence-electron chi connectivity index (χ3n) is 3.15. The number of rotatable bonds is 3. The average Bonchev–Trinajstić information content (AvgIpc) is 2.92. The van der Waals surface area contributed by atoms with Crippen LogP contribution in [0, 0.1) is 0 Å². The van der Waals surface area contributed by atoms with E-state index in [4.69, 9.17) is 9.47 Å². The molecule has 3 rings (SSSR count). The smallest absolute Gasteiger partial charge is 0.265 e. The summed E-state index contributed by atoms with van der Waals surface area (Å²) in [6.45, 7) is 0. The summed E-state index contributed by atoms with van der Waals surface area (Å²) in [5, 5.41) is 2.79. The van der Waals surface area contributed by atoms with Crippen LogP contribution in [0.4, 0.5) is 5.69 Å². The van der Waals surface area contributed by atoms with E-state index in [1.54, 1.807) is 25.4 Å². The number of nitrogens with zero attached hydrogens (tertiary/aromatic N) is 1. The Kier molecular flexibility index (Phi) is 3.25. The second kappa shape index (κ2) is 5.21. The highest BCUT2D eigenvalue weighted by atomic mass is 16.5. The Morgan fingerprint density at radius 1 is 1.35 bits per heavy atom. The zero-order chi connectivity index (χ0) is 13.9. The quantitative estimate of drug-likeness (QED) is 0.927. The van der Waals surface area contributed by atoms with Crippen LogP contribution < -0.4 is 14.8 Å². The van der Waals surface area contributed by atoms with E-state index < -0.39 is 6.10 Å². The molecule has 1 aliphatic rings. The van der Waals surface area contributed by atoms with Gasteiger partial charge in [0, 0.05) is 12.5 Å². The van der Waals surface area contributed by atoms with Crippen molar-refractivity contribution < 1.29 is 14.3 Å². The summed E-state index contributed by atoms with van der Waals surface area (Å²) < 4.78 is 10.6. The fourth-order valence-electron chi connectivity index (χ4n) is 2.13. The molecule has 0 saturated carbocycles. The predicted octanol–water partition coefficient (Wildman–Crippen LogP) is 2.03. The van der Waals surface area contributed by atoms with Crippen LogP contribution in [0.3, 0.4) is 0 Å². The number of amides is 1. The van der Waals surface area contributed by atoms with Crippen LogP contribution in [0.25, 0.3) is 0 Å². The van der Waals surface area contributed by atoms with E-state index in [1.165, 1.54) is 0 Å². The van der Waals surface area contributed by atoms with Gasteiger partial charge in [-0.15, -0.1) is 0 Å². The highest BCUT2D eigenvalue weighted by molar-refractivity contribution is 5.95. The Bertz CT molecular complexity index is 600. The van der Waals surface area contributed by atoms with Crippen LogP contribution in [0.2, 0.25) is 0 Å². The van der Waals surface area contributed by atoms with Crippen LogP contribution in [-0.4, -0.2) is 24.1 Å². The summed E-state index contributed by atoms with van der Waals surface area (Å²) in [4.78, 5) is 16.2. The first kappa shape index (κ1) is 12.5. The highest BCUT2D eigenvalue weighted by Gasteiger charge is 2.28. The molecule has 1 aromatic carbocycles. The first-order valence-electron chi connectivity index (χ1n) is 6.32. The number of ether oxygens (including phenoxy) is 2. The Hall–Kier alpha value is -2.56. The van der Waals surface area contributed by atoms with Gasteiger partial charge in [-0.05, 0) is 17.7 Å². The number of pyridine rings is 1. The van der Waals surface area contributed by atoms with Crippen LogP contribution in [0.1, 0.15) is 5.56 Å². The molecular weight excluding hydrogens is 256 g/mol. The minimum Gasteiger partial charge on any atom is -0.481 e. The monoisotopic (exact) mass is 270 g/mol. The molecule has 0 aliphatic carbocycles. The maximum Gasteiger partial charge on any atom is 0.265 e. The minimum atomic E-state index is -0.491. The number of carbonyl (C=O) groups is 1. The van der Waals surface area contributed by atoms with Gasteiger partial charge in [-0.1, -0.05) is 18.2 Å². The van der Waals surface area contributed by atoms with Gasteiger partial charge in [-0.3, -0.25) is 4.79 Å². The molecule has 5 nitrogen and oxygen atoms in total. The fourth-order valence-corrected chi connectivity index (χ4v) is 2.13. The Balaban J connectivity index is 1.66. The van der Waals surface area contributed by atoms with E-state index >= 15 is 0 Å². The van der Waals surface area contributed by atoms with Crippen molar-refractivity contribution in [1.29, 1.82) is 0 Å². The van der Waals surface area contributed by atoms with Gasteiger partial charge in [-0.25, -0.2) is 4.98 Å². The van der Waals surface area contributed by atoms with Gasteiger partial charge in [0.15, 0.2) is 6.10 Å². The molecule has 1 aromatic heterocycles. The number of hydrogen-bond acceptors (Lipinski definition) is 4. The summed E-state index contributed by atoms with van der Waals surface area (Å²) in [7, 11) is 1.55. The number of aromatic nitrogens is 1. The van der Waals surface area contributed by atoms with Crippen molar-refractivity contribution in [2.24, 2.45) is 0 Å². The lowest BCUT2D eigenvalue weighted by molar-refractivity contribution is -0.122. The molecule has 0 bridgehead atoms. The van der Waals surface area contributed by atoms with Gasteiger partial charge in [0.1, 0.15) is 5.75 Å².